The molecule has 1 atom stereocenters. The van der Waals surface area contributed by atoms with Crippen molar-refractivity contribution in [2.45, 2.75) is 58.4 Å². The zero-order valence-corrected chi connectivity index (χ0v) is 18.0. The van der Waals surface area contributed by atoms with E-state index in [-0.39, 0.29) is 11.9 Å². The van der Waals surface area contributed by atoms with Crippen molar-refractivity contribution in [1.82, 2.24) is 10.2 Å². The molecular weight excluding hydrogens is 368 g/mol. The molecule has 160 valence electrons. The SMILES string of the molecule is Cc1ccc(NC(=O)C(=O)NC(C)C2CCCCC2)cc1NC(=O)CCN(C)C. The first kappa shape index (κ1) is 22.9. The number of aryl methyl sites for hydroxylation is 1. The molecule has 3 N–H and O–H groups in total. The van der Waals surface area contributed by atoms with Gasteiger partial charge in [-0.05, 0) is 64.4 Å². The lowest BCUT2D eigenvalue weighted by atomic mass is 9.84. The first-order chi connectivity index (χ1) is 13.8. The highest BCUT2D eigenvalue weighted by Crippen LogP contribution is 2.26. The summed E-state index contributed by atoms with van der Waals surface area (Å²) in [4.78, 5) is 38.6. The van der Waals surface area contributed by atoms with Crippen LogP contribution in [0.4, 0.5) is 11.4 Å². The van der Waals surface area contributed by atoms with E-state index in [9.17, 15) is 14.4 Å². The Kier molecular flexibility index (Phi) is 8.64. The number of anilines is 2. The number of hydrogen-bond donors (Lipinski definition) is 3. The van der Waals surface area contributed by atoms with Crippen LogP contribution in [0.1, 0.15) is 51.0 Å². The third-order valence-corrected chi connectivity index (χ3v) is 5.48. The number of carbonyl (C=O) groups excluding carboxylic acids is 3. The number of hydrogen-bond acceptors (Lipinski definition) is 4. The van der Waals surface area contributed by atoms with Crippen LogP contribution in [0.15, 0.2) is 18.2 Å². The van der Waals surface area contributed by atoms with E-state index in [0.717, 1.165) is 18.4 Å². The molecule has 0 saturated heterocycles. The Hall–Kier alpha value is -2.41. The van der Waals surface area contributed by atoms with Crippen LogP contribution in [-0.4, -0.2) is 49.3 Å². The summed E-state index contributed by atoms with van der Waals surface area (Å²) in [6, 6.07) is 5.19. The fourth-order valence-electron chi connectivity index (χ4n) is 3.58. The smallest absolute Gasteiger partial charge is 0.313 e. The lowest BCUT2D eigenvalue weighted by Crippen LogP contribution is -2.44. The molecule has 1 fully saturated rings. The van der Waals surface area contributed by atoms with Gasteiger partial charge in [0.25, 0.3) is 0 Å². The van der Waals surface area contributed by atoms with Crippen LogP contribution in [0.2, 0.25) is 0 Å². The molecule has 0 spiro atoms. The van der Waals surface area contributed by atoms with Gasteiger partial charge in [-0.2, -0.15) is 0 Å². The maximum Gasteiger partial charge on any atom is 0.313 e. The standard InChI is InChI=1S/C22H34N4O3/c1-15-10-11-18(14-19(15)25-20(27)12-13-26(3)4)24-22(29)21(28)23-16(2)17-8-6-5-7-9-17/h10-11,14,16-17H,5-9,12-13H2,1-4H3,(H,23,28)(H,24,29)(H,25,27). The molecule has 0 bridgehead atoms. The summed E-state index contributed by atoms with van der Waals surface area (Å²) in [5, 5.41) is 8.33. The second kappa shape index (κ2) is 11.0. The fourth-order valence-corrected chi connectivity index (χ4v) is 3.58. The van der Waals surface area contributed by atoms with E-state index in [1.807, 2.05) is 32.8 Å². The summed E-state index contributed by atoms with van der Waals surface area (Å²) < 4.78 is 0. The van der Waals surface area contributed by atoms with Crippen molar-refractivity contribution in [1.29, 1.82) is 0 Å². The van der Waals surface area contributed by atoms with Crippen molar-refractivity contribution in [3.8, 4) is 0 Å². The van der Waals surface area contributed by atoms with E-state index in [1.165, 1.54) is 19.3 Å². The Morgan fingerprint density at radius 1 is 1.07 bits per heavy atom. The largest absolute Gasteiger partial charge is 0.345 e. The molecular formula is C22H34N4O3. The minimum absolute atomic E-state index is 0.0156. The van der Waals surface area contributed by atoms with Crippen molar-refractivity contribution in [3.05, 3.63) is 23.8 Å². The minimum atomic E-state index is -0.693. The Bertz CT molecular complexity index is 727. The van der Waals surface area contributed by atoms with Gasteiger partial charge in [0.15, 0.2) is 0 Å². The van der Waals surface area contributed by atoms with Gasteiger partial charge < -0.3 is 20.9 Å². The maximum atomic E-state index is 12.3. The van der Waals surface area contributed by atoms with Crippen LogP contribution >= 0.6 is 0 Å². The monoisotopic (exact) mass is 402 g/mol. The van der Waals surface area contributed by atoms with Gasteiger partial charge in [0.2, 0.25) is 5.91 Å². The van der Waals surface area contributed by atoms with Crippen LogP contribution in [-0.2, 0) is 14.4 Å². The molecule has 0 heterocycles. The summed E-state index contributed by atoms with van der Waals surface area (Å²) in [6.07, 6.45) is 6.19. The highest BCUT2D eigenvalue weighted by atomic mass is 16.2. The third kappa shape index (κ3) is 7.49. The second-order valence-electron chi connectivity index (χ2n) is 8.25. The van der Waals surface area contributed by atoms with E-state index in [2.05, 4.69) is 16.0 Å². The number of benzene rings is 1. The van der Waals surface area contributed by atoms with Crippen molar-refractivity contribution < 1.29 is 14.4 Å². The van der Waals surface area contributed by atoms with Crippen molar-refractivity contribution in [2.75, 3.05) is 31.3 Å². The van der Waals surface area contributed by atoms with Crippen LogP contribution in [0, 0.1) is 12.8 Å². The lowest BCUT2D eigenvalue weighted by Gasteiger charge is -2.28. The summed E-state index contributed by atoms with van der Waals surface area (Å²) in [7, 11) is 3.82. The molecule has 1 aliphatic rings. The Morgan fingerprint density at radius 3 is 2.41 bits per heavy atom. The Labute approximate surface area is 173 Å². The van der Waals surface area contributed by atoms with Crippen molar-refractivity contribution >= 4 is 29.1 Å². The van der Waals surface area contributed by atoms with Gasteiger partial charge in [-0.15, -0.1) is 0 Å². The average Bonchev–Trinajstić information content (AvgIpc) is 2.69. The zero-order valence-electron chi connectivity index (χ0n) is 18.0. The molecule has 1 aromatic rings. The molecule has 0 radical (unpaired) electrons. The molecule has 29 heavy (non-hydrogen) atoms. The summed E-state index contributed by atoms with van der Waals surface area (Å²) in [5.41, 5.74) is 1.99. The predicted octanol–water partition coefficient (Wildman–Crippen LogP) is 2.91. The Morgan fingerprint density at radius 2 is 1.76 bits per heavy atom. The van der Waals surface area contributed by atoms with Gasteiger partial charge in [-0.1, -0.05) is 25.3 Å². The lowest BCUT2D eigenvalue weighted by molar-refractivity contribution is -0.136. The molecule has 7 heteroatoms. The van der Waals surface area contributed by atoms with Gasteiger partial charge in [0.1, 0.15) is 0 Å². The average molecular weight is 403 g/mol. The molecule has 0 aliphatic heterocycles. The molecule has 1 unspecified atom stereocenters. The number of nitrogens with zero attached hydrogens (tertiary/aromatic N) is 1. The molecule has 1 aromatic carbocycles. The third-order valence-electron chi connectivity index (χ3n) is 5.48. The zero-order chi connectivity index (χ0) is 21.4. The number of rotatable bonds is 7. The summed E-state index contributed by atoms with van der Waals surface area (Å²) >= 11 is 0. The van der Waals surface area contributed by atoms with Gasteiger partial charge in [-0.3, -0.25) is 14.4 Å². The number of nitrogens with one attached hydrogen (secondary N) is 3. The van der Waals surface area contributed by atoms with E-state index in [4.69, 9.17) is 0 Å². The summed E-state index contributed by atoms with van der Waals surface area (Å²) in [6.45, 7) is 4.50. The quantitative estimate of drug-likeness (QED) is 0.612. The van der Waals surface area contributed by atoms with Crippen LogP contribution in [0.5, 0.6) is 0 Å². The normalized spacial score (nSPS) is 15.6. The highest BCUT2D eigenvalue weighted by molar-refractivity contribution is 6.39. The first-order valence-electron chi connectivity index (χ1n) is 10.4. The summed E-state index contributed by atoms with van der Waals surface area (Å²) in [5.74, 6) is -0.977. The van der Waals surface area contributed by atoms with E-state index < -0.39 is 11.8 Å². The van der Waals surface area contributed by atoms with Crippen LogP contribution in [0.25, 0.3) is 0 Å². The highest BCUT2D eigenvalue weighted by Gasteiger charge is 2.24. The van der Waals surface area contributed by atoms with Crippen LogP contribution < -0.4 is 16.0 Å². The molecule has 1 aliphatic carbocycles. The van der Waals surface area contributed by atoms with Gasteiger partial charge in [-0.25, -0.2) is 0 Å². The number of amides is 3. The van der Waals surface area contributed by atoms with Crippen molar-refractivity contribution in [3.63, 3.8) is 0 Å². The fraction of sp³-hybridized carbons (Fsp3) is 0.591. The molecule has 2 rings (SSSR count). The first-order valence-corrected chi connectivity index (χ1v) is 10.4. The molecule has 0 aromatic heterocycles. The molecule has 7 nitrogen and oxygen atoms in total. The van der Waals surface area contributed by atoms with Crippen molar-refractivity contribution in [2.24, 2.45) is 5.92 Å². The minimum Gasteiger partial charge on any atom is -0.345 e. The molecule has 1 saturated carbocycles. The van der Waals surface area contributed by atoms with Gasteiger partial charge >= 0.3 is 11.8 Å². The predicted molar refractivity (Wildman–Crippen MR) is 116 cm³/mol. The number of carbonyl (C=O) groups is 3. The maximum absolute atomic E-state index is 12.3. The van der Waals surface area contributed by atoms with E-state index in [0.29, 0.717) is 30.3 Å². The van der Waals surface area contributed by atoms with Gasteiger partial charge in [0.05, 0.1) is 0 Å². The van der Waals surface area contributed by atoms with Gasteiger partial charge in [0, 0.05) is 30.4 Å². The van der Waals surface area contributed by atoms with E-state index >= 15 is 0 Å². The van der Waals surface area contributed by atoms with Crippen LogP contribution in [0.3, 0.4) is 0 Å². The molecule has 3 amide bonds. The topological polar surface area (TPSA) is 90.5 Å². The second-order valence-corrected chi connectivity index (χ2v) is 8.25. The van der Waals surface area contributed by atoms with E-state index in [1.54, 1.807) is 18.2 Å². The Balaban J connectivity index is 1.91.